The molecule has 1 aliphatic rings. The minimum absolute atomic E-state index is 0.305. The third kappa shape index (κ3) is 2.23. The summed E-state index contributed by atoms with van der Waals surface area (Å²) in [6, 6.07) is 8.47. The molecule has 0 aliphatic carbocycles. The molecule has 1 atom stereocenters. The van der Waals surface area contributed by atoms with Gasteiger partial charge in [0, 0.05) is 19.1 Å². The van der Waals surface area contributed by atoms with Gasteiger partial charge in [-0.2, -0.15) is 0 Å². The highest BCUT2D eigenvalue weighted by Gasteiger charge is 2.21. The van der Waals surface area contributed by atoms with Crippen molar-refractivity contribution < 1.29 is 4.74 Å². The number of para-hydroxylation sites is 2. The summed E-state index contributed by atoms with van der Waals surface area (Å²) < 4.78 is 5.60. The monoisotopic (exact) mass is 206 g/mol. The zero-order chi connectivity index (χ0) is 10.7. The van der Waals surface area contributed by atoms with Crippen molar-refractivity contribution >= 4 is 5.69 Å². The van der Waals surface area contributed by atoms with Crippen molar-refractivity contribution in [3.8, 4) is 5.75 Å². The number of ether oxygens (including phenoxy) is 1. The molecule has 2 rings (SSSR count). The van der Waals surface area contributed by atoms with Gasteiger partial charge in [-0.25, -0.2) is 0 Å². The molecule has 2 N–H and O–H groups in total. The van der Waals surface area contributed by atoms with Gasteiger partial charge in [-0.1, -0.05) is 12.1 Å². The lowest BCUT2D eigenvalue weighted by Crippen LogP contribution is -2.26. The first kappa shape index (κ1) is 10.3. The molecule has 0 radical (unpaired) electrons. The van der Waals surface area contributed by atoms with E-state index in [-0.39, 0.29) is 0 Å². The predicted octanol–water partition coefficient (Wildman–Crippen LogP) is 1.62. The van der Waals surface area contributed by atoms with Crippen molar-refractivity contribution in [1.29, 1.82) is 0 Å². The number of benzene rings is 1. The number of nitrogens with zero attached hydrogens (tertiary/aromatic N) is 1. The van der Waals surface area contributed by atoms with Crippen molar-refractivity contribution in [1.82, 2.24) is 0 Å². The number of hydrogen-bond donors (Lipinski definition) is 1. The standard InChI is InChI=1S/C12H18N2O/c1-2-15-12-6-4-3-5-11(12)14-8-7-10(13)9-14/h3-6,10H,2,7-9,13H2,1H3. The number of nitrogens with two attached hydrogens (primary N) is 1. The van der Waals surface area contributed by atoms with Crippen molar-refractivity contribution in [2.45, 2.75) is 19.4 Å². The van der Waals surface area contributed by atoms with Crippen LogP contribution in [0.3, 0.4) is 0 Å². The molecule has 0 bridgehead atoms. The van der Waals surface area contributed by atoms with Gasteiger partial charge >= 0.3 is 0 Å². The molecule has 15 heavy (non-hydrogen) atoms. The van der Waals surface area contributed by atoms with Gasteiger partial charge in [-0.3, -0.25) is 0 Å². The van der Waals surface area contributed by atoms with E-state index in [1.165, 1.54) is 5.69 Å². The van der Waals surface area contributed by atoms with Crippen molar-refractivity contribution in [3.63, 3.8) is 0 Å². The molecular weight excluding hydrogens is 188 g/mol. The van der Waals surface area contributed by atoms with Crippen LogP contribution in [-0.2, 0) is 0 Å². The molecule has 1 fully saturated rings. The van der Waals surface area contributed by atoms with E-state index in [1.807, 2.05) is 25.1 Å². The summed E-state index contributed by atoms with van der Waals surface area (Å²) in [5.74, 6) is 0.967. The van der Waals surface area contributed by atoms with E-state index in [1.54, 1.807) is 0 Å². The molecule has 1 aromatic carbocycles. The molecule has 1 heterocycles. The summed E-state index contributed by atoms with van der Waals surface area (Å²) in [4.78, 5) is 2.30. The molecule has 0 saturated carbocycles. The smallest absolute Gasteiger partial charge is 0.142 e. The second-order valence-electron chi connectivity index (χ2n) is 3.90. The zero-order valence-corrected chi connectivity index (χ0v) is 9.15. The van der Waals surface area contributed by atoms with Crippen LogP contribution in [0.5, 0.6) is 5.75 Å². The molecule has 1 unspecified atom stereocenters. The lowest BCUT2D eigenvalue weighted by atomic mass is 10.2. The van der Waals surface area contributed by atoms with Gasteiger partial charge < -0.3 is 15.4 Å². The Hall–Kier alpha value is -1.22. The van der Waals surface area contributed by atoms with Crippen molar-refractivity contribution in [3.05, 3.63) is 24.3 Å². The minimum atomic E-state index is 0.305. The highest BCUT2D eigenvalue weighted by atomic mass is 16.5. The van der Waals surface area contributed by atoms with Gasteiger partial charge in [-0.05, 0) is 25.5 Å². The van der Waals surface area contributed by atoms with Crippen molar-refractivity contribution in [2.24, 2.45) is 5.73 Å². The Kier molecular flexibility index (Phi) is 3.11. The molecule has 1 aliphatic heterocycles. The van der Waals surface area contributed by atoms with Crippen LogP contribution in [0.2, 0.25) is 0 Å². The summed E-state index contributed by atoms with van der Waals surface area (Å²) in [5, 5.41) is 0. The highest BCUT2D eigenvalue weighted by Crippen LogP contribution is 2.30. The lowest BCUT2D eigenvalue weighted by molar-refractivity contribution is 0.340. The summed E-state index contributed by atoms with van der Waals surface area (Å²) >= 11 is 0. The molecule has 3 heteroatoms. The molecule has 82 valence electrons. The molecule has 3 nitrogen and oxygen atoms in total. The minimum Gasteiger partial charge on any atom is -0.492 e. The third-order valence-corrected chi connectivity index (χ3v) is 2.73. The van der Waals surface area contributed by atoms with Gasteiger partial charge in [0.15, 0.2) is 0 Å². The van der Waals surface area contributed by atoms with Gasteiger partial charge in [-0.15, -0.1) is 0 Å². The van der Waals surface area contributed by atoms with Crippen LogP contribution >= 0.6 is 0 Å². The Bertz CT molecular complexity index is 327. The van der Waals surface area contributed by atoms with E-state index in [0.717, 1.165) is 25.3 Å². The first-order chi connectivity index (χ1) is 7.31. The Morgan fingerprint density at radius 1 is 1.47 bits per heavy atom. The van der Waals surface area contributed by atoms with Crippen LogP contribution in [0.4, 0.5) is 5.69 Å². The lowest BCUT2D eigenvalue weighted by Gasteiger charge is -2.21. The first-order valence-electron chi connectivity index (χ1n) is 5.53. The van der Waals surface area contributed by atoms with Gasteiger partial charge in [0.1, 0.15) is 5.75 Å². The summed E-state index contributed by atoms with van der Waals surface area (Å²) in [7, 11) is 0. The molecule has 0 spiro atoms. The second kappa shape index (κ2) is 4.53. The fraction of sp³-hybridized carbons (Fsp3) is 0.500. The number of hydrogen-bond acceptors (Lipinski definition) is 3. The number of anilines is 1. The number of rotatable bonds is 3. The first-order valence-corrected chi connectivity index (χ1v) is 5.53. The molecule has 1 saturated heterocycles. The van der Waals surface area contributed by atoms with E-state index < -0.39 is 0 Å². The summed E-state index contributed by atoms with van der Waals surface area (Å²) in [6.45, 7) is 4.68. The SMILES string of the molecule is CCOc1ccccc1N1CCC(N)C1. The average molecular weight is 206 g/mol. The highest BCUT2D eigenvalue weighted by molar-refractivity contribution is 5.59. The summed E-state index contributed by atoms with van der Waals surface area (Å²) in [6.07, 6.45) is 1.07. The summed E-state index contributed by atoms with van der Waals surface area (Å²) in [5.41, 5.74) is 7.08. The van der Waals surface area contributed by atoms with Crippen LogP contribution in [0.15, 0.2) is 24.3 Å². The maximum Gasteiger partial charge on any atom is 0.142 e. The molecule has 0 amide bonds. The van der Waals surface area contributed by atoms with Crippen LogP contribution in [0, 0.1) is 0 Å². The maximum atomic E-state index is 5.90. The fourth-order valence-electron chi connectivity index (χ4n) is 2.00. The molecule has 0 aromatic heterocycles. The third-order valence-electron chi connectivity index (χ3n) is 2.73. The maximum absolute atomic E-state index is 5.90. The van der Waals surface area contributed by atoms with Crippen LogP contribution in [0.1, 0.15) is 13.3 Å². The quantitative estimate of drug-likeness (QED) is 0.816. The second-order valence-corrected chi connectivity index (χ2v) is 3.90. The van der Waals surface area contributed by atoms with Crippen LogP contribution in [-0.4, -0.2) is 25.7 Å². The van der Waals surface area contributed by atoms with Crippen molar-refractivity contribution in [2.75, 3.05) is 24.6 Å². The predicted molar refractivity (Wildman–Crippen MR) is 62.4 cm³/mol. The normalized spacial score (nSPS) is 20.7. The topological polar surface area (TPSA) is 38.5 Å². The Labute approximate surface area is 90.8 Å². The largest absolute Gasteiger partial charge is 0.492 e. The van der Waals surface area contributed by atoms with Gasteiger partial charge in [0.05, 0.1) is 12.3 Å². The molecule has 1 aromatic rings. The van der Waals surface area contributed by atoms with E-state index >= 15 is 0 Å². The molecular formula is C12H18N2O. The van der Waals surface area contributed by atoms with Gasteiger partial charge in [0.25, 0.3) is 0 Å². The zero-order valence-electron chi connectivity index (χ0n) is 9.15. The Morgan fingerprint density at radius 3 is 2.93 bits per heavy atom. The Balaban J connectivity index is 2.19. The van der Waals surface area contributed by atoms with Gasteiger partial charge in [0.2, 0.25) is 0 Å². The van der Waals surface area contributed by atoms with E-state index in [2.05, 4.69) is 11.0 Å². The Morgan fingerprint density at radius 2 is 2.27 bits per heavy atom. The fourth-order valence-corrected chi connectivity index (χ4v) is 2.00. The van der Waals surface area contributed by atoms with Crippen LogP contribution < -0.4 is 15.4 Å². The van der Waals surface area contributed by atoms with E-state index in [4.69, 9.17) is 10.5 Å². The van der Waals surface area contributed by atoms with E-state index in [9.17, 15) is 0 Å². The van der Waals surface area contributed by atoms with Crippen LogP contribution in [0.25, 0.3) is 0 Å². The average Bonchev–Trinajstić information content (AvgIpc) is 2.66. The van der Waals surface area contributed by atoms with E-state index in [0.29, 0.717) is 12.6 Å².